The van der Waals surface area contributed by atoms with Crippen LogP contribution in [0, 0.1) is 6.92 Å². The predicted octanol–water partition coefficient (Wildman–Crippen LogP) is 2.70. The van der Waals surface area contributed by atoms with Crippen molar-refractivity contribution in [1.29, 1.82) is 0 Å². The third-order valence-electron chi connectivity index (χ3n) is 3.96. The Labute approximate surface area is 122 Å². The molecule has 1 fully saturated rings. The van der Waals surface area contributed by atoms with Crippen molar-refractivity contribution in [3.63, 3.8) is 0 Å². The smallest absolute Gasteiger partial charge is 0.121 e. The molecule has 0 radical (unpaired) electrons. The number of benzene rings is 1. The fraction of sp³-hybridized carbons (Fsp3) is 0.529. The van der Waals surface area contributed by atoms with Crippen LogP contribution in [-0.4, -0.2) is 44.7 Å². The van der Waals surface area contributed by atoms with Gasteiger partial charge in [-0.05, 0) is 49.1 Å². The Kier molecular flexibility index (Phi) is 5.62. The van der Waals surface area contributed by atoms with E-state index in [2.05, 4.69) is 48.3 Å². The first-order valence-electron chi connectivity index (χ1n) is 7.45. The highest BCUT2D eigenvalue weighted by atomic mass is 16.5. The summed E-state index contributed by atoms with van der Waals surface area (Å²) in [5, 5.41) is 3.39. The predicted molar refractivity (Wildman–Crippen MR) is 85.3 cm³/mol. The Morgan fingerprint density at radius 1 is 1.35 bits per heavy atom. The first-order valence-corrected chi connectivity index (χ1v) is 7.45. The zero-order chi connectivity index (χ0) is 14.4. The van der Waals surface area contributed by atoms with E-state index in [9.17, 15) is 0 Å². The Morgan fingerprint density at radius 3 is 2.75 bits per heavy atom. The van der Waals surface area contributed by atoms with Crippen molar-refractivity contribution >= 4 is 5.57 Å². The van der Waals surface area contributed by atoms with Crippen molar-refractivity contribution in [1.82, 2.24) is 10.2 Å². The lowest BCUT2D eigenvalue weighted by Gasteiger charge is -2.26. The molecule has 0 aliphatic carbocycles. The van der Waals surface area contributed by atoms with Crippen LogP contribution in [0.3, 0.4) is 0 Å². The molecule has 0 atom stereocenters. The minimum atomic E-state index is 0.961. The van der Waals surface area contributed by atoms with Crippen molar-refractivity contribution in [3.8, 4) is 5.75 Å². The van der Waals surface area contributed by atoms with Crippen molar-refractivity contribution in [2.24, 2.45) is 0 Å². The minimum absolute atomic E-state index is 0.961. The molecule has 20 heavy (non-hydrogen) atoms. The molecule has 110 valence electrons. The summed E-state index contributed by atoms with van der Waals surface area (Å²) in [5.41, 5.74) is 3.84. The average Bonchev–Trinajstić information content (AvgIpc) is 2.48. The first-order chi connectivity index (χ1) is 9.70. The molecule has 0 bridgehead atoms. The second-order valence-electron chi connectivity index (χ2n) is 5.45. The van der Waals surface area contributed by atoms with Crippen LogP contribution >= 0.6 is 0 Å². The lowest BCUT2D eigenvalue weighted by molar-refractivity contribution is 0.245. The minimum Gasteiger partial charge on any atom is -0.496 e. The summed E-state index contributed by atoms with van der Waals surface area (Å²) in [6.07, 6.45) is 3.47. The fourth-order valence-electron chi connectivity index (χ4n) is 2.64. The molecule has 1 aliphatic heterocycles. The molecule has 3 heteroatoms. The quantitative estimate of drug-likeness (QED) is 0.893. The highest BCUT2D eigenvalue weighted by Crippen LogP contribution is 2.23. The van der Waals surface area contributed by atoms with Gasteiger partial charge in [-0.15, -0.1) is 0 Å². The number of piperazine rings is 1. The summed E-state index contributed by atoms with van der Waals surface area (Å²) in [5.74, 6) is 0.961. The standard InChI is InChI=1S/C17H26N2O/c1-14(5-4-10-19-11-8-18-9-12-19)16-6-7-17(20-3)15(2)13-16/h5-7,13,18H,4,8-12H2,1-3H3/b14-5+. The number of nitrogens with one attached hydrogen (secondary N) is 1. The number of methoxy groups -OCH3 is 1. The van der Waals surface area contributed by atoms with E-state index in [1.165, 1.54) is 29.8 Å². The van der Waals surface area contributed by atoms with Gasteiger partial charge in [-0.2, -0.15) is 0 Å². The Hall–Kier alpha value is -1.32. The second kappa shape index (κ2) is 7.46. The molecule has 2 rings (SSSR count). The Morgan fingerprint density at radius 2 is 2.10 bits per heavy atom. The molecule has 1 aliphatic rings. The summed E-state index contributed by atoms with van der Waals surface area (Å²) in [4.78, 5) is 2.53. The van der Waals surface area contributed by atoms with E-state index in [-0.39, 0.29) is 0 Å². The molecule has 0 amide bonds. The summed E-state index contributed by atoms with van der Waals surface area (Å²) >= 11 is 0. The van der Waals surface area contributed by atoms with E-state index in [1.54, 1.807) is 7.11 Å². The molecule has 0 aromatic heterocycles. The topological polar surface area (TPSA) is 24.5 Å². The number of allylic oxidation sites excluding steroid dienone is 1. The number of nitrogens with zero attached hydrogens (tertiary/aromatic N) is 1. The molecule has 1 heterocycles. The zero-order valence-corrected chi connectivity index (χ0v) is 12.9. The van der Waals surface area contributed by atoms with Gasteiger partial charge in [0.05, 0.1) is 7.11 Å². The number of hydrogen-bond donors (Lipinski definition) is 1. The monoisotopic (exact) mass is 274 g/mol. The molecular formula is C17H26N2O. The molecule has 1 aromatic rings. The lowest BCUT2D eigenvalue weighted by atomic mass is 10.0. The van der Waals surface area contributed by atoms with Crippen LogP contribution < -0.4 is 10.1 Å². The first kappa shape index (κ1) is 15.1. The molecule has 0 spiro atoms. The fourth-order valence-corrected chi connectivity index (χ4v) is 2.64. The lowest BCUT2D eigenvalue weighted by Crippen LogP contribution is -2.43. The molecule has 1 N–H and O–H groups in total. The third kappa shape index (κ3) is 4.09. The molecule has 1 aromatic carbocycles. The molecule has 3 nitrogen and oxygen atoms in total. The number of aryl methyl sites for hydroxylation is 1. The zero-order valence-electron chi connectivity index (χ0n) is 12.9. The average molecular weight is 274 g/mol. The molecule has 1 saturated heterocycles. The van der Waals surface area contributed by atoms with E-state index in [4.69, 9.17) is 4.74 Å². The Balaban J connectivity index is 1.90. The van der Waals surface area contributed by atoms with Gasteiger partial charge in [0.25, 0.3) is 0 Å². The maximum Gasteiger partial charge on any atom is 0.121 e. The van der Waals surface area contributed by atoms with Gasteiger partial charge in [-0.1, -0.05) is 12.1 Å². The van der Waals surface area contributed by atoms with E-state index >= 15 is 0 Å². The highest BCUT2D eigenvalue weighted by Gasteiger charge is 2.08. The number of hydrogen-bond acceptors (Lipinski definition) is 3. The molecule has 0 unspecified atom stereocenters. The van der Waals surface area contributed by atoms with Crippen LogP contribution in [0.15, 0.2) is 24.3 Å². The largest absolute Gasteiger partial charge is 0.496 e. The number of ether oxygens (including phenoxy) is 1. The van der Waals surface area contributed by atoms with Crippen LogP contribution in [0.25, 0.3) is 5.57 Å². The van der Waals surface area contributed by atoms with E-state index in [1.807, 2.05) is 0 Å². The van der Waals surface area contributed by atoms with Gasteiger partial charge in [0.2, 0.25) is 0 Å². The van der Waals surface area contributed by atoms with E-state index in [0.29, 0.717) is 0 Å². The van der Waals surface area contributed by atoms with Crippen LogP contribution in [0.2, 0.25) is 0 Å². The van der Waals surface area contributed by atoms with Gasteiger partial charge in [0, 0.05) is 32.7 Å². The van der Waals surface area contributed by atoms with Crippen molar-refractivity contribution in [2.45, 2.75) is 20.3 Å². The van der Waals surface area contributed by atoms with Crippen molar-refractivity contribution < 1.29 is 4.74 Å². The SMILES string of the molecule is COc1ccc(/C(C)=C/CCN2CCNCC2)cc1C. The third-order valence-corrected chi connectivity index (χ3v) is 3.96. The van der Waals surface area contributed by atoms with E-state index in [0.717, 1.165) is 31.8 Å². The normalized spacial score (nSPS) is 17.2. The maximum atomic E-state index is 5.31. The van der Waals surface area contributed by atoms with Crippen LogP contribution in [0.4, 0.5) is 0 Å². The van der Waals surface area contributed by atoms with Gasteiger partial charge in [-0.25, -0.2) is 0 Å². The van der Waals surface area contributed by atoms with Crippen LogP contribution in [0.5, 0.6) is 5.75 Å². The maximum absolute atomic E-state index is 5.31. The van der Waals surface area contributed by atoms with Gasteiger partial charge >= 0.3 is 0 Å². The highest BCUT2D eigenvalue weighted by molar-refractivity contribution is 5.65. The summed E-state index contributed by atoms with van der Waals surface area (Å²) in [7, 11) is 1.72. The second-order valence-corrected chi connectivity index (χ2v) is 5.45. The summed E-state index contributed by atoms with van der Waals surface area (Å²) < 4.78 is 5.31. The van der Waals surface area contributed by atoms with Gasteiger partial charge < -0.3 is 15.0 Å². The Bertz CT molecular complexity index is 462. The van der Waals surface area contributed by atoms with Gasteiger partial charge in [-0.3, -0.25) is 0 Å². The van der Waals surface area contributed by atoms with Crippen molar-refractivity contribution in [2.75, 3.05) is 39.8 Å². The van der Waals surface area contributed by atoms with Crippen LogP contribution in [0.1, 0.15) is 24.5 Å². The van der Waals surface area contributed by atoms with Gasteiger partial charge in [0.15, 0.2) is 0 Å². The van der Waals surface area contributed by atoms with Crippen molar-refractivity contribution in [3.05, 3.63) is 35.4 Å². The summed E-state index contributed by atoms with van der Waals surface area (Å²) in [6, 6.07) is 6.40. The molecular weight excluding hydrogens is 248 g/mol. The van der Waals surface area contributed by atoms with Gasteiger partial charge in [0.1, 0.15) is 5.75 Å². The number of rotatable bonds is 5. The summed E-state index contributed by atoms with van der Waals surface area (Å²) in [6.45, 7) is 10.0. The molecule has 0 saturated carbocycles. The van der Waals surface area contributed by atoms with Crippen LogP contribution in [-0.2, 0) is 0 Å². The van der Waals surface area contributed by atoms with E-state index < -0.39 is 0 Å².